The molecule has 2 amide bonds. The number of halogens is 3. The molecule has 0 saturated carbocycles. The smallest absolute Gasteiger partial charge is 0.254 e. The van der Waals surface area contributed by atoms with Gasteiger partial charge in [-0.1, -0.05) is 12.1 Å². The average Bonchev–Trinajstić information content (AvgIpc) is 2.50. The van der Waals surface area contributed by atoms with Crippen LogP contribution < -0.4 is 10.6 Å². The number of hydrogen-bond acceptors (Lipinski definition) is 2. The molecule has 0 heterocycles. The first-order valence-electron chi connectivity index (χ1n) is 6.70. The molecule has 2 rings (SSSR count). The third-order valence-electron chi connectivity index (χ3n) is 3.05. The zero-order valence-corrected chi connectivity index (χ0v) is 12.1. The van der Waals surface area contributed by atoms with E-state index in [-0.39, 0.29) is 11.3 Å². The fraction of sp³-hybridized carbons (Fsp3) is 0.125. The van der Waals surface area contributed by atoms with E-state index in [2.05, 4.69) is 10.6 Å². The molecule has 0 aromatic heterocycles. The van der Waals surface area contributed by atoms with E-state index in [1.54, 1.807) is 0 Å². The first kappa shape index (κ1) is 16.5. The summed E-state index contributed by atoms with van der Waals surface area (Å²) in [5.41, 5.74) is -0.427. The highest BCUT2D eigenvalue weighted by Crippen LogP contribution is 2.15. The minimum atomic E-state index is -1.05. The number of nitrogens with one attached hydrogen (secondary N) is 2. The van der Waals surface area contributed by atoms with Gasteiger partial charge in [-0.15, -0.1) is 0 Å². The third kappa shape index (κ3) is 4.09. The summed E-state index contributed by atoms with van der Waals surface area (Å²) in [6, 6.07) is 6.93. The van der Waals surface area contributed by atoms with E-state index < -0.39 is 35.3 Å². The van der Waals surface area contributed by atoms with Gasteiger partial charge in [-0.25, -0.2) is 13.2 Å². The molecule has 1 atom stereocenters. The molecule has 0 fully saturated rings. The molecule has 0 aliphatic carbocycles. The van der Waals surface area contributed by atoms with E-state index >= 15 is 0 Å². The molecule has 7 heteroatoms. The molecule has 0 aliphatic rings. The molecule has 2 aromatic carbocycles. The van der Waals surface area contributed by atoms with Crippen molar-refractivity contribution in [3.63, 3.8) is 0 Å². The Morgan fingerprint density at radius 2 is 1.70 bits per heavy atom. The molecule has 0 radical (unpaired) electrons. The van der Waals surface area contributed by atoms with Crippen LogP contribution in [0.4, 0.5) is 18.9 Å². The topological polar surface area (TPSA) is 58.2 Å². The van der Waals surface area contributed by atoms with Crippen molar-refractivity contribution in [3.8, 4) is 0 Å². The lowest BCUT2D eigenvalue weighted by Gasteiger charge is -2.14. The Morgan fingerprint density at radius 1 is 1.00 bits per heavy atom. The standard InChI is InChI=1S/C16H13F3N2O2/c1-9(20-16(23)11-4-2-3-5-12(11)18)15(22)21-14-7-6-10(17)8-13(14)19/h2-9H,1H3,(H,20,23)(H,21,22). The molecule has 4 nitrogen and oxygen atoms in total. The van der Waals surface area contributed by atoms with E-state index in [0.717, 1.165) is 18.2 Å². The highest BCUT2D eigenvalue weighted by molar-refractivity contribution is 6.01. The van der Waals surface area contributed by atoms with E-state index in [4.69, 9.17) is 0 Å². The van der Waals surface area contributed by atoms with E-state index in [1.807, 2.05) is 0 Å². The lowest BCUT2D eigenvalue weighted by molar-refractivity contribution is -0.117. The van der Waals surface area contributed by atoms with Crippen molar-refractivity contribution in [2.45, 2.75) is 13.0 Å². The highest BCUT2D eigenvalue weighted by Gasteiger charge is 2.19. The number of carbonyl (C=O) groups is 2. The zero-order chi connectivity index (χ0) is 17.0. The molecule has 2 aromatic rings. The summed E-state index contributed by atoms with van der Waals surface area (Å²) in [6.45, 7) is 1.36. The van der Waals surface area contributed by atoms with Gasteiger partial charge in [0.2, 0.25) is 5.91 Å². The Balaban J connectivity index is 2.03. The zero-order valence-electron chi connectivity index (χ0n) is 12.1. The number of amides is 2. The van der Waals surface area contributed by atoms with Crippen LogP contribution in [0.15, 0.2) is 42.5 Å². The molecule has 0 saturated heterocycles. The Morgan fingerprint density at radius 3 is 2.35 bits per heavy atom. The summed E-state index contributed by atoms with van der Waals surface area (Å²) < 4.78 is 39.7. The van der Waals surface area contributed by atoms with Crippen molar-refractivity contribution in [1.82, 2.24) is 5.32 Å². The van der Waals surface area contributed by atoms with Gasteiger partial charge in [0, 0.05) is 6.07 Å². The van der Waals surface area contributed by atoms with Crippen LogP contribution in [0.2, 0.25) is 0 Å². The minimum absolute atomic E-state index is 0.208. The van der Waals surface area contributed by atoms with Gasteiger partial charge in [0.05, 0.1) is 11.3 Å². The van der Waals surface area contributed by atoms with Gasteiger partial charge in [0.1, 0.15) is 23.5 Å². The quantitative estimate of drug-likeness (QED) is 0.909. The summed E-state index contributed by atoms with van der Waals surface area (Å²) in [4.78, 5) is 23.8. The lowest BCUT2D eigenvalue weighted by atomic mass is 10.2. The van der Waals surface area contributed by atoms with Crippen LogP contribution in [0, 0.1) is 17.5 Å². The fourth-order valence-corrected chi connectivity index (χ4v) is 1.82. The number of hydrogen-bond donors (Lipinski definition) is 2. The Bertz CT molecular complexity index is 750. The van der Waals surface area contributed by atoms with Crippen molar-refractivity contribution in [2.75, 3.05) is 5.32 Å². The molecule has 120 valence electrons. The van der Waals surface area contributed by atoms with Crippen LogP contribution >= 0.6 is 0 Å². The predicted octanol–water partition coefficient (Wildman–Crippen LogP) is 2.86. The number of carbonyl (C=O) groups excluding carboxylic acids is 2. The monoisotopic (exact) mass is 322 g/mol. The summed E-state index contributed by atoms with van der Waals surface area (Å²) in [6.07, 6.45) is 0. The molecule has 0 bridgehead atoms. The number of anilines is 1. The van der Waals surface area contributed by atoms with Gasteiger partial charge in [0.15, 0.2) is 0 Å². The van der Waals surface area contributed by atoms with Crippen molar-refractivity contribution >= 4 is 17.5 Å². The maximum absolute atomic E-state index is 13.5. The van der Waals surface area contributed by atoms with E-state index in [0.29, 0.717) is 6.07 Å². The van der Waals surface area contributed by atoms with Gasteiger partial charge >= 0.3 is 0 Å². The van der Waals surface area contributed by atoms with Crippen LogP contribution in [0.1, 0.15) is 17.3 Å². The van der Waals surface area contributed by atoms with Gasteiger partial charge in [-0.2, -0.15) is 0 Å². The summed E-state index contributed by atoms with van der Waals surface area (Å²) in [7, 11) is 0. The highest BCUT2D eigenvalue weighted by atomic mass is 19.1. The van der Waals surface area contributed by atoms with Gasteiger partial charge in [-0.3, -0.25) is 9.59 Å². The number of rotatable bonds is 4. The minimum Gasteiger partial charge on any atom is -0.340 e. The molecular weight excluding hydrogens is 309 g/mol. The SMILES string of the molecule is CC(NC(=O)c1ccccc1F)C(=O)Nc1ccc(F)cc1F. The lowest BCUT2D eigenvalue weighted by Crippen LogP contribution is -2.42. The first-order valence-corrected chi connectivity index (χ1v) is 6.70. The Kier molecular flexibility index (Phi) is 5.00. The van der Waals surface area contributed by atoms with E-state index in [1.165, 1.54) is 25.1 Å². The Hall–Kier alpha value is -2.83. The average molecular weight is 322 g/mol. The normalized spacial score (nSPS) is 11.7. The van der Waals surface area contributed by atoms with Crippen LogP contribution in [0.3, 0.4) is 0 Å². The van der Waals surface area contributed by atoms with Gasteiger partial charge in [0.25, 0.3) is 5.91 Å². The fourth-order valence-electron chi connectivity index (χ4n) is 1.82. The van der Waals surface area contributed by atoms with Crippen molar-refractivity contribution in [3.05, 3.63) is 65.5 Å². The molecule has 1 unspecified atom stereocenters. The second kappa shape index (κ2) is 6.95. The van der Waals surface area contributed by atoms with Crippen LogP contribution in [0.5, 0.6) is 0 Å². The Labute approximate surface area is 130 Å². The molecule has 2 N–H and O–H groups in total. The second-order valence-electron chi connectivity index (χ2n) is 4.79. The maximum atomic E-state index is 13.5. The van der Waals surface area contributed by atoms with Crippen LogP contribution in [-0.4, -0.2) is 17.9 Å². The van der Waals surface area contributed by atoms with Crippen molar-refractivity contribution in [1.29, 1.82) is 0 Å². The molecule has 23 heavy (non-hydrogen) atoms. The predicted molar refractivity (Wildman–Crippen MR) is 78.3 cm³/mol. The van der Waals surface area contributed by atoms with Crippen LogP contribution in [-0.2, 0) is 4.79 Å². The molecular formula is C16H13F3N2O2. The van der Waals surface area contributed by atoms with Gasteiger partial charge in [-0.05, 0) is 31.2 Å². The third-order valence-corrected chi connectivity index (χ3v) is 3.05. The summed E-state index contributed by atoms with van der Waals surface area (Å²) >= 11 is 0. The summed E-state index contributed by atoms with van der Waals surface area (Å²) in [5.74, 6) is -3.93. The largest absolute Gasteiger partial charge is 0.340 e. The number of benzene rings is 2. The van der Waals surface area contributed by atoms with Gasteiger partial charge < -0.3 is 10.6 Å². The first-order chi connectivity index (χ1) is 10.9. The maximum Gasteiger partial charge on any atom is 0.254 e. The summed E-state index contributed by atoms with van der Waals surface area (Å²) in [5, 5.41) is 4.52. The molecule has 0 spiro atoms. The van der Waals surface area contributed by atoms with E-state index in [9.17, 15) is 22.8 Å². The molecule has 0 aliphatic heterocycles. The van der Waals surface area contributed by atoms with Crippen molar-refractivity contribution < 1.29 is 22.8 Å². The van der Waals surface area contributed by atoms with Crippen molar-refractivity contribution in [2.24, 2.45) is 0 Å². The van der Waals surface area contributed by atoms with Crippen LogP contribution in [0.25, 0.3) is 0 Å². The second-order valence-corrected chi connectivity index (χ2v) is 4.79.